The van der Waals surface area contributed by atoms with Crippen LogP contribution in [0.4, 0.5) is 9.18 Å². The van der Waals surface area contributed by atoms with Crippen LogP contribution in [0.1, 0.15) is 57.1 Å². The molecule has 2 fully saturated rings. The van der Waals surface area contributed by atoms with E-state index in [0.717, 1.165) is 32.1 Å². The van der Waals surface area contributed by atoms with Crippen molar-refractivity contribution >= 4 is 16.1 Å². The summed E-state index contributed by atoms with van der Waals surface area (Å²) in [7, 11) is -3.48. The summed E-state index contributed by atoms with van der Waals surface area (Å²) in [5.41, 5.74) is 0.654. The fraction of sp³-hybridized carbons (Fsp3) is 0.667. The minimum absolute atomic E-state index is 0.00643. The van der Waals surface area contributed by atoms with Crippen molar-refractivity contribution in [2.75, 3.05) is 25.4 Å². The summed E-state index contributed by atoms with van der Waals surface area (Å²) in [6, 6.07) is 3.68. The van der Waals surface area contributed by atoms with E-state index in [0.29, 0.717) is 31.1 Å². The van der Waals surface area contributed by atoms with Crippen molar-refractivity contribution < 1.29 is 27.4 Å². The first kappa shape index (κ1) is 23.7. The van der Waals surface area contributed by atoms with Crippen molar-refractivity contribution in [3.05, 3.63) is 29.6 Å². The van der Waals surface area contributed by atoms with E-state index in [-0.39, 0.29) is 24.1 Å². The highest BCUT2D eigenvalue weighted by Gasteiger charge is 2.26. The zero-order chi connectivity index (χ0) is 22.4. The number of halogens is 1. The third-order valence-electron chi connectivity index (χ3n) is 5.54. The van der Waals surface area contributed by atoms with Crippen molar-refractivity contribution in [1.82, 2.24) is 14.9 Å². The van der Waals surface area contributed by atoms with Gasteiger partial charge in [-0.15, -0.1) is 0 Å². The molecule has 2 aliphatic rings. The third-order valence-corrected chi connectivity index (χ3v) is 7.08. The standard InChI is InChI=1S/C21H32FN3O5S/c1-15(17-8-9-18(22)19(12-17)30-14-16-6-7-16)24-31(28,29)11-5-3-2-4-10-25-13-20(26)23-21(25)27/h8-9,12,15-16,20,24,26H,2-7,10-11,13-14H2,1H3,(H,23,27)/t15-,20?/m1/s1. The van der Waals surface area contributed by atoms with Crippen LogP contribution in [0.15, 0.2) is 18.2 Å². The van der Waals surface area contributed by atoms with E-state index < -0.39 is 28.1 Å². The molecule has 0 spiro atoms. The van der Waals surface area contributed by atoms with Crippen LogP contribution in [0.3, 0.4) is 0 Å². The lowest BCUT2D eigenvalue weighted by Gasteiger charge is -2.16. The van der Waals surface area contributed by atoms with Gasteiger partial charge in [0.1, 0.15) is 6.23 Å². The first-order valence-electron chi connectivity index (χ1n) is 10.9. The lowest BCUT2D eigenvalue weighted by Crippen LogP contribution is -2.29. The number of benzene rings is 1. The molecule has 1 saturated heterocycles. The highest BCUT2D eigenvalue weighted by Crippen LogP contribution is 2.31. The van der Waals surface area contributed by atoms with Crippen LogP contribution >= 0.6 is 0 Å². The summed E-state index contributed by atoms with van der Waals surface area (Å²) < 4.78 is 46.9. The molecule has 1 unspecified atom stereocenters. The number of ether oxygens (including phenoxy) is 1. The molecule has 10 heteroatoms. The molecule has 1 aliphatic heterocycles. The van der Waals surface area contributed by atoms with Crippen LogP contribution in [0.25, 0.3) is 0 Å². The second kappa shape index (κ2) is 10.6. The average Bonchev–Trinajstić information content (AvgIpc) is 3.47. The molecule has 3 rings (SSSR count). The zero-order valence-electron chi connectivity index (χ0n) is 17.8. The molecule has 8 nitrogen and oxygen atoms in total. The smallest absolute Gasteiger partial charge is 0.319 e. The summed E-state index contributed by atoms with van der Waals surface area (Å²) >= 11 is 0. The molecule has 174 valence electrons. The lowest BCUT2D eigenvalue weighted by molar-refractivity contribution is 0.160. The highest BCUT2D eigenvalue weighted by atomic mass is 32.2. The van der Waals surface area contributed by atoms with E-state index >= 15 is 0 Å². The Kier molecular flexibility index (Phi) is 8.12. The topological polar surface area (TPSA) is 108 Å². The monoisotopic (exact) mass is 457 g/mol. The summed E-state index contributed by atoms with van der Waals surface area (Å²) in [4.78, 5) is 13.1. The number of amides is 2. The van der Waals surface area contributed by atoms with E-state index in [4.69, 9.17) is 4.74 Å². The van der Waals surface area contributed by atoms with Gasteiger partial charge < -0.3 is 20.1 Å². The average molecular weight is 458 g/mol. The Morgan fingerprint density at radius 3 is 2.71 bits per heavy atom. The highest BCUT2D eigenvalue weighted by molar-refractivity contribution is 7.89. The maximum Gasteiger partial charge on any atom is 0.319 e. The van der Waals surface area contributed by atoms with Crippen LogP contribution in [0.5, 0.6) is 5.75 Å². The summed E-state index contributed by atoms with van der Waals surface area (Å²) in [6.45, 7) is 3.04. The Morgan fingerprint density at radius 1 is 1.29 bits per heavy atom. The van der Waals surface area contributed by atoms with Gasteiger partial charge in [-0.2, -0.15) is 0 Å². The number of nitrogens with zero attached hydrogens (tertiary/aromatic N) is 1. The number of carbonyl (C=O) groups is 1. The van der Waals surface area contributed by atoms with Gasteiger partial charge in [0, 0.05) is 12.6 Å². The molecule has 2 amide bonds. The summed E-state index contributed by atoms with van der Waals surface area (Å²) in [6.07, 6.45) is 4.18. The zero-order valence-corrected chi connectivity index (χ0v) is 18.7. The van der Waals surface area contributed by atoms with Gasteiger partial charge >= 0.3 is 6.03 Å². The number of β-amino-alcohol motifs (C(OH)–C–C–N with tert-alkyl or cyclic N) is 1. The number of carbonyl (C=O) groups excluding carboxylic acids is 1. The number of sulfonamides is 1. The first-order valence-corrected chi connectivity index (χ1v) is 12.5. The number of hydrogen-bond donors (Lipinski definition) is 3. The molecule has 2 atom stereocenters. The maximum absolute atomic E-state index is 13.9. The van der Waals surface area contributed by atoms with Gasteiger partial charge in [-0.25, -0.2) is 22.3 Å². The van der Waals surface area contributed by atoms with Gasteiger partial charge in [0.25, 0.3) is 0 Å². The molecule has 0 aromatic heterocycles. The fourth-order valence-corrected chi connectivity index (χ4v) is 4.88. The minimum atomic E-state index is -3.48. The van der Waals surface area contributed by atoms with Gasteiger partial charge in [-0.3, -0.25) is 0 Å². The molecule has 31 heavy (non-hydrogen) atoms. The summed E-state index contributed by atoms with van der Waals surface area (Å²) in [5, 5.41) is 11.8. The molecular formula is C21H32FN3O5S. The molecule has 1 aliphatic carbocycles. The Bertz CT molecular complexity index is 863. The van der Waals surface area contributed by atoms with Crippen LogP contribution in [-0.2, 0) is 10.0 Å². The van der Waals surface area contributed by atoms with E-state index in [1.807, 2.05) is 0 Å². The quantitative estimate of drug-likeness (QED) is 0.395. The van der Waals surface area contributed by atoms with E-state index in [9.17, 15) is 22.7 Å². The molecule has 0 bridgehead atoms. The SMILES string of the molecule is C[C@@H](NS(=O)(=O)CCCCCCN1CC(O)NC1=O)c1ccc(F)c(OCC2CC2)c1. The largest absolute Gasteiger partial charge is 0.490 e. The van der Waals surface area contributed by atoms with Crippen molar-refractivity contribution in [1.29, 1.82) is 0 Å². The number of aliphatic hydroxyl groups excluding tert-OH is 1. The molecule has 3 N–H and O–H groups in total. The number of hydrogen-bond acceptors (Lipinski definition) is 5. The first-order chi connectivity index (χ1) is 14.7. The Balaban J connectivity index is 1.37. The summed E-state index contributed by atoms with van der Waals surface area (Å²) in [5.74, 6) is 0.222. The molecular weight excluding hydrogens is 425 g/mol. The van der Waals surface area contributed by atoms with E-state index in [1.165, 1.54) is 6.07 Å². The molecule has 1 saturated carbocycles. The Labute approximate surface area is 183 Å². The number of rotatable bonds is 13. The number of nitrogens with one attached hydrogen (secondary N) is 2. The van der Waals surface area contributed by atoms with E-state index in [1.54, 1.807) is 24.0 Å². The van der Waals surface area contributed by atoms with Crippen molar-refractivity contribution in [3.63, 3.8) is 0 Å². The second-order valence-corrected chi connectivity index (χ2v) is 10.3. The van der Waals surface area contributed by atoms with Gasteiger partial charge in [0.15, 0.2) is 11.6 Å². The maximum atomic E-state index is 13.9. The number of unbranched alkanes of at least 4 members (excludes halogenated alkanes) is 3. The molecule has 1 aromatic rings. The van der Waals surface area contributed by atoms with Gasteiger partial charge in [0.05, 0.1) is 18.9 Å². The second-order valence-electron chi connectivity index (χ2n) is 8.43. The van der Waals surface area contributed by atoms with Crippen molar-refractivity contribution in [2.24, 2.45) is 5.92 Å². The lowest BCUT2D eigenvalue weighted by atomic mass is 10.1. The van der Waals surface area contributed by atoms with Crippen LogP contribution < -0.4 is 14.8 Å². The molecule has 1 aromatic carbocycles. The number of urea groups is 1. The Morgan fingerprint density at radius 2 is 2.03 bits per heavy atom. The normalized spacial score (nSPS) is 20.0. The van der Waals surface area contributed by atoms with E-state index in [2.05, 4.69) is 10.0 Å². The van der Waals surface area contributed by atoms with Crippen LogP contribution in [0, 0.1) is 11.7 Å². The van der Waals surface area contributed by atoms with Gasteiger partial charge in [-0.1, -0.05) is 18.9 Å². The molecule has 1 heterocycles. The minimum Gasteiger partial charge on any atom is -0.490 e. The predicted octanol–water partition coefficient (Wildman–Crippen LogP) is 2.50. The van der Waals surface area contributed by atoms with Gasteiger partial charge in [0.2, 0.25) is 10.0 Å². The number of aliphatic hydroxyl groups is 1. The predicted molar refractivity (Wildman–Crippen MR) is 115 cm³/mol. The van der Waals surface area contributed by atoms with Crippen LogP contribution in [0.2, 0.25) is 0 Å². The van der Waals surface area contributed by atoms with Gasteiger partial charge in [-0.05, 0) is 56.2 Å². The third kappa shape index (κ3) is 7.62. The molecule has 0 radical (unpaired) electrons. The van der Waals surface area contributed by atoms with Crippen molar-refractivity contribution in [3.8, 4) is 5.75 Å². The van der Waals surface area contributed by atoms with Crippen LogP contribution in [-0.4, -0.2) is 56.1 Å². The van der Waals surface area contributed by atoms with Crippen molar-refractivity contribution in [2.45, 2.75) is 57.7 Å². The Hall–Kier alpha value is -1.91. The fourth-order valence-electron chi connectivity index (χ4n) is 3.50.